The Labute approximate surface area is 107 Å². The number of pyridine rings is 1. The molecule has 0 saturated heterocycles. The topological polar surface area (TPSA) is 75.6 Å². The van der Waals surface area contributed by atoms with Crippen LogP contribution in [0.1, 0.15) is 0 Å². The van der Waals surface area contributed by atoms with Crippen LogP contribution in [0.5, 0.6) is 0 Å². The summed E-state index contributed by atoms with van der Waals surface area (Å²) >= 11 is 5.46. The first-order chi connectivity index (χ1) is 8.70. The highest BCUT2D eigenvalue weighted by Gasteiger charge is 2.13. The molecule has 0 aliphatic rings. The summed E-state index contributed by atoms with van der Waals surface area (Å²) in [5.74, 6) is 0.0839. The molecule has 0 unspecified atom stereocenters. The van der Waals surface area contributed by atoms with Crippen molar-refractivity contribution in [1.29, 1.82) is 0 Å². The molecule has 0 atom stereocenters. The number of imidazole rings is 1. The van der Waals surface area contributed by atoms with Crippen LogP contribution in [0.2, 0.25) is 0 Å². The minimum absolute atomic E-state index is 0.0962. The molecule has 92 valence electrons. The molecule has 0 radical (unpaired) electrons. The number of nitrogens with zero attached hydrogens (tertiary/aromatic N) is 3. The van der Waals surface area contributed by atoms with Crippen molar-refractivity contribution in [3.05, 3.63) is 18.5 Å². The number of nitrogens with one attached hydrogen (secondary N) is 2. The molecule has 0 spiro atoms. The molecule has 6 nitrogen and oxygen atoms in total. The van der Waals surface area contributed by atoms with Gasteiger partial charge in [0.1, 0.15) is 17.0 Å². The number of hydrogen-bond donors (Lipinski definition) is 2. The number of aryl methyl sites for hydroxylation is 1. The van der Waals surface area contributed by atoms with Gasteiger partial charge >= 0.3 is 0 Å². The number of amides is 1. The molecular formula is C11H10ClN5O. The Kier molecular flexibility index (Phi) is 2.45. The molecular weight excluding hydrogens is 254 g/mol. The lowest BCUT2D eigenvalue weighted by Crippen LogP contribution is -2.15. The van der Waals surface area contributed by atoms with E-state index in [9.17, 15) is 4.79 Å². The molecule has 0 fully saturated rings. The number of alkyl halides is 1. The predicted octanol–water partition coefficient (Wildman–Crippen LogP) is 1.63. The van der Waals surface area contributed by atoms with Crippen LogP contribution in [0.25, 0.3) is 22.1 Å². The first-order valence-electron chi connectivity index (χ1n) is 5.35. The van der Waals surface area contributed by atoms with Crippen LogP contribution >= 0.6 is 11.6 Å². The predicted molar refractivity (Wildman–Crippen MR) is 69.7 cm³/mol. The number of aromatic amines is 1. The molecule has 0 aromatic carbocycles. The van der Waals surface area contributed by atoms with Gasteiger partial charge in [0.05, 0.1) is 11.7 Å². The minimum Gasteiger partial charge on any atom is -0.346 e. The first kappa shape index (κ1) is 11.0. The summed E-state index contributed by atoms with van der Waals surface area (Å²) in [5, 5.41) is 3.62. The summed E-state index contributed by atoms with van der Waals surface area (Å²) in [5.41, 5.74) is 2.45. The van der Waals surface area contributed by atoms with E-state index < -0.39 is 0 Å². The number of hydrogen-bond acceptors (Lipinski definition) is 3. The molecule has 3 heterocycles. The summed E-state index contributed by atoms with van der Waals surface area (Å²) in [6, 6.07) is 1.93. The van der Waals surface area contributed by atoms with E-state index in [-0.39, 0.29) is 11.8 Å². The third-order valence-corrected chi connectivity index (χ3v) is 3.03. The lowest BCUT2D eigenvalue weighted by molar-refractivity contribution is -0.114. The van der Waals surface area contributed by atoms with Gasteiger partial charge in [0.25, 0.3) is 0 Å². The maximum Gasteiger partial charge on any atom is 0.241 e. The van der Waals surface area contributed by atoms with Crippen molar-refractivity contribution in [2.75, 3.05) is 11.2 Å². The standard InChI is InChI=1S/C11H10ClN5O/c1-17-9-6-2-3-13-10(6)14-5-7(9)15-11(17)16-8(18)4-12/h2-3,5H,4H2,1H3,(H,13,14)(H,15,16,18). The van der Waals surface area contributed by atoms with Gasteiger partial charge < -0.3 is 9.55 Å². The monoisotopic (exact) mass is 263 g/mol. The maximum absolute atomic E-state index is 11.3. The normalized spacial score (nSPS) is 11.2. The first-order valence-corrected chi connectivity index (χ1v) is 5.88. The fourth-order valence-corrected chi connectivity index (χ4v) is 2.05. The van der Waals surface area contributed by atoms with E-state index in [4.69, 9.17) is 11.6 Å². The van der Waals surface area contributed by atoms with Crippen molar-refractivity contribution < 1.29 is 4.79 Å². The summed E-state index contributed by atoms with van der Waals surface area (Å²) in [6.45, 7) is 0. The van der Waals surface area contributed by atoms with E-state index in [0.29, 0.717) is 5.95 Å². The van der Waals surface area contributed by atoms with E-state index in [1.807, 2.05) is 23.9 Å². The molecule has 3 rings (SSSR count). The van der Waals surface area contributed by atoms with Gasteiger partial charge in [-0.1, -0.05) is 0 Å². The Morgan fingerprint density at radius 2 is 2.44 bits per heavy atom. The van der Waals surface area contributed by atoms with Crippen LogP contribution in [0, 0.1) is 0 Å². The average molecular weight is 264 g/mol. The quantitative estimate of drug-likeness (QED) is 0.690. The van der Waals surface area contributed by atoms with Gasteiger partial charge in [0, 0.05) is 18.6 Å². The molecule has 7 heteroatoms. The van der Waals surface area contributed by atoms with Crippen molar-refractivity contribution >= 4 is 45.5 Å². The minimum atomic E-state index is -0.284. The number of halogens is 1. The Morgan fingerprint density at radius 1 is 1.61 bits per heavy atom. The fraction of sp³-hybridized carbons (Fsp3) is 0.182. The number of anilines is 1. The van der Waals surface area contributed by atoms with Crippen LogP contribution in [0.4, 0.5) is 5.95 Å². The number of aromatic nitrogens is 4. The zero-order valence-electron chi connectivity index (χ0n) is 9.57. The van der Waals surface area contributed by atoms with E-state index in [2.05, 4.69) is 20.3 Å². The molecule has 0 aliphatic heterocycles. The van der Waals surface area contributed by atoms with Gasteiger partial charge in [-0.25, -0.2) is 9.97 Å². The molecule has 3 aromatic heterocycles. The number of carbonyl (C=O) groups excluding carboxylic acids is 1. The number of carbonyl (C=O) groups is 1. The molecule has 1 amide bonds. The fourth-order valence-electron chi connectivity index (χ4n) is 1.98. The van der Waals surface area contributed by atoms with Gasteiger partial charge in [0.2, 0.25) is 11.9 Å². The van der Waals surface area contributed by atoms with Crippen molar-refractivity contribution in [3.8, 4) is 0 Å². The van der Waals surface area contributed by atoms with Crippen LogP contribution in [0.15, 0.2) is 18.5 Å². The number of H-pyrrole nitrogens is 1. The Hall–Kier alpha value is -2.08. The van der Waals surface area contributed by atoms with E-state index >= 15 is 0 Å². The van der Waals surface area contributed by atoms with E-state index in [1.165, 1.54) is 0 Å². The molecule has 0 saturated carbocycles. The largest absolute Gasteiger partial charge is 0.346 e. The lowest BCUT2D eigenvalue weighted by Gasteiger charge is -2.02. The van der Waals surface area contributed by atoms with Crippen molar-refractivity contribution in [3.63, 3.8) is 0 Å². The summed E-state index contributed by atoms with van der Waals surface area (Å²) in [4.78, 5) is 22.9. The summed E-state index contributed by atoms with van der Waals surface area (Å²) in [7, 11) is 1.84. The van der Waals surface area contributed by atoms with Gasteiger partial charge in [-0.2, -0.15) is 0 Å². The van der Waals surface area contributed by atoms with Crippen molar-refractivity contribution in [1.82, 2.24) is 19.5 Å². The zero-order valence-corrected chi connectivity index (χ0v) is 10.3. The van der Waals surface area contributed by atoms with Gasteiger partial charge in [-0.15, -0.1) is 11.6 Å². The second kappa shape index (κ2) is 3.99. The third-order valence-electron chi connectivity index (χ3n) is 2.79. The Morgan fingerprint density at radius 3 is 3.22 bits per heavy atom. The molecule has 0 bridgehead atoms. The molecule has 0 aliphatic carbocycles. The van der Waals surface area contributed by atoms with Crippen molar-refractivity contribution in [2.45, 2.75) is 0 Å². The van der Waals surface area contributed by atoms with Crippen LogP contribution in [-0.2, 0) is 11.8 Å². The highest BCUT2D eigenvalue weighted by atomic mass is 35.5. The van der Waals surface area contributed by atoms with Gasteiger partial charge in [-0.3, -0.25) is 10.1 Å². The van der Waals surface area contributed by atoms with Gasteiger partial charge in [0.15, 0.2) is 0 Å². The smallest absolute Gasteiger partial charge is 0.241 e. The lowest BCUT2D eigenvalue weighted by atomic mass is 10.3. The number of rotatable bonds is 2. The van der Waals surface area contributed by atoms with Crippen LogP contribution < -0.4 is 5.32 Å². The van der Waals surface area contributed by atoms with Gasteiger partial charge in [-0.05, 0) is 6.07 Å². The highest BCUT2D eigenvalue weighted by molar-refractivity contribution is 6.29. The second-order valence-electron chi connectivity index (χ2n) is 3.91. The number of fused-ring (bicyclic) bond motifs is 3. The van der Waals surface area contributed by atoms with Crippen molar-refractivity contribution in [2.24, 2.45) is 7.05 Å². The summed E-state index contributed by atoms with van der Waals surface area (Å²) < 4.78 is 1.82. The third kappa shape index (κ3) is 1.53. The van der Waals surface area contributed by atoms with Crippen LogP contribution in [-0.4, -0.2) is 31.3 Å². The zero-order chi connectivity index (χ0) is 12.7. The maximum atomic E-state index is 11.3. The van der Waals surface area contributed by atoms with E-state index in [1.54, 1.807) is 6.20 Å². The molecule has 3 aromatic rings. The Bertz CT molecular complexity index is 744. The van der Waals surface area contributed by atoms with E-state index in [0.717, 1.165) is 22.1 Å². The summed E-state index contributed by atoms with van der Waals surface area (Å²) in [6.07, 6.45) is 3.49. The highest BCUT2D eigenvalue weighted by Crippen LogP contribution is 2.24. The second-order valence-corrected chi connectivity index (χ2v) is 4.18. The molecule has 18 heavy (non-hydrogen) atoms. The average Bonchev–Trinajstić information content (AvgIpc) is 2.94. The van der Waals surface area contributed by atoms with Crippen LogP contribution in [0.3, 0.4) is 0 Å². The molecule has 2 N–H and O–H groups in total. The SMILES string of the molecule is Cn1c(NC(=O)CCl)nc2cnc3[nH]ccc3c21. The Balaban J connectivity index is 2.23.